The fourth-order valence-electron chi connectivity index (χ4n) is 3.83. The molecule has 0 spiro atoms. The molecule has 2 fully saturated rings. The number of hydrogen-bond donors (Lipinski definition) is 1. The monoisotopic (exact) mass is 279 g/mol. The first-order chi connectivity index (χ1) is 9.56. The number of esters is 1. The maximum Gasteiger partial charge on any atom is 0.310 e. The van der Waals surface area contributed by atoms with Crippen LogP contribution < -0.4 is 0 Å². The number of aliphatic carboxylic acids is 1. The summed E-state index contributed by atoms with van der Waals surface area (Å²) in [5.74, 6) is -2.19. The summed E-state index contributed by atoms with van der Waals surface area (Å²) >= 11 is 0. The molecule has 0 aromatic rings. The number of rotatable bonds is 3. The van der Waals surface area contributed by atoms with E-state index in [4.69, 9.17) is 4.74 Å². The van der Waals surface area contributed by atoms with Crippen LogP contribution in [0.25, 0.3) is 0 Å². The van der Waals surface area contributed by atoms with E-state index in [0.29, 0.717) is 0 Å². The number of carboxylic acids is 1. The van der Waals surface area contributed by atoms with Gasteiger partial charge in [-0.25, -0.2) is 0 Å². The Morgan fingerprint density at radius 3 is 2.35 bits per heavy atom. The third-order valence-electron chi connectivity index (χ3n) is 4.96. The molecular formula is C15H21NO4. The molecule has 3 aliphatic rings. The number of carboxylic acid groups (broad SMARTS) is 1. The number of nitrogens with zero attached hydrogens (tertiary/aromatic N) is 1. The van der Waals surface area contributed by atoms with Crippen molar-refractivity contribution in [3.63, 3.8) is 0 Å². The number of likely N-dealkylation sites (tertiary alicyclic amines) is 1. The van der Waals surface area contributed by atoms with E-state index in [1.54, 1.807) is 0 Å². The predicted octanol–water partition coefficient (Wildman–Crippen LogP) is 1.15. The molecule has 20 heavy (non-hydrogen) atoms. The van der Waals surface area contributed by atoms with Crippen LogP contribution in [0.4, 0.5) is 0 Å². The first kappa shape index (κ1) is 13.6. The molecule has 0 unspecified atom stereocenters. The summed E-state index contributed by atoms with van der Waals surface area (Å²) in [4.78, 5) is 26.0. The highest BCUT2D eigenvalue weighted by Crippen LogP contribution is 2.48. The van der Waals surface area contributed by atoms with Crippen LogP contribution in [0.1, 0.15) is 19.3 Å². The van der Waals surface area contributed by atoms with Gasteiger partial charge >= 0.3 is 11.9 Å². The van der Waals surface area contributed by atoms with Crippen LogP contribution in [0.5, 0.6) is 0 Å². The molecule has 5 nitrogen and oxygen atoms in total. The van der Waals surface area contributed by atoms with Crippen molar-refractivity contribution >= 4 is 11.9 Å². The maximum absolute atomic E-state index is 12.4. The number of carbonyl (C=O) groups is 2. The Morgan fingerprint density at radius 1 is 1.15 bits per heavy atom. The number of ether oxygens (including phenoxy) is 1. The molecule has 1 saturated carbocycles. The molecule has 1 heterocycles. The second-order valence-electron chi connectivity index (χ2n) is 6.28. The van der Waals surface area contributed by atoms with Crippen molar-refractivity contribution in [2.24, 2.45) is 23.7 Å². The van der Waals surface area contributed by atoms with Gasteiger partial charge in [-0.3, -0.25) is 9.59 Å². The standard InChI is InChI=1S/C15H21NO4/c1-16-6-4-11(5-7-16)20-15(19)13-10-3-2-9(8-10)12(13)14(17)18/h2-3,9-13H,4-8H2,1H3,(H,17,18)/t9-,10-,12+,13-/m0/s1. The second-order valence-corrected chi connectivity index (χ2v) is 6.28. The average Bonchev–Trinajstić information content (AvgIpc) is 3.01. The molecule has 2 aliphatic carbocycles. The van der Waals surface area contributed by atoms with Crippen molar-refractivity contribution in [1.82, 2.24) is 4.90 Å². The molecule has 0 radical (unpaired) electrons. The molecule has 4 atom stereocenters. The minimum atomic E-state index is -0.868. The average molecular weight is 279 g/mol. The zero-order valence-corrected chi connectivity index (χ0v) is 11.7. The van der Waals surface area contributed by atoms with Gasteiger partial charge in [0.05, 0.1) is 11.8 Å². The lowest BCUT2D eigenvalue weighted by atomic mass is 9.83. The minimum absolute atomic E-state index is 0.00698. The fourth-order valence-corrected chi connectivity index (χ4v) is 3.83. The van der Waals surface area contributed by atoms with Crippen molar-refractivity contribution in [1.29, 1.82) is 0 Å². The summed E-state index contributed by atoms with van der Waals surface area (Å²) in [6, 6.07) is 0. The number of piperidine rings is 1. The fraction of sp³-hybridized carbons (Fsp3) is 0.733. The van der Waals surface area contributed by atoms with E-state index >= 15 is 0 Å². The van der Waals surface area contributed by atoms with Gasteiger partial charge in [0.25, 0.3) is 0 Å². The normalized spacial score (nSPS) is 37.2. The molecule has 1 N–H and O–H groups in total. The summed E-state index contributed by atoms with van der Waals surface area (Å²) in [5.41, 5.74) is 0. The Bertz CT molecular complexity index is 439. The van der Waals surface area contributed by atoms with Gasteiger partial charge in [0, 0.05) is 13.1 Å². The van der Waals surface area contributed by atoms with Crippen LogP contribution in [0.2, 0.25) is 0 Å². The lowest BCUT2D eigenvalue weighted by Crippen LogP contribution is -2.39. The second kappa shape index (κ2) is 5.20. The van der Waals surface area contributed by atoms with Gasteiger partial charge in [0.1, 0.15) is 6.10 Å². The Morgan fingerprint density at radius 2 is 1.75 bits per heavy atom. The van der Waals surface area contributed by atoms with Gasteiger partial charge in [-0.1, -0.05) is 12.2 Å². The predicted molar refractivity (Wildman–Crippen MR) is 72.0 cm³/mol. The zero-order valence-electron chi connectivity index (χ0n) is 11.7. The lowest BCUT2D eigenvalue weighted by Gasteiger charge is -2.31. The summed E-state index contributed by atoms with van der Waals surface area (Å²) in [7, 11) is 2.05. The van der Waals surface area contributed by atoms with E-state index in [1.807, 2.05) is 12.2 Å². The molecular weight excluding hydrogens is 258 g/mol. The minimum Gasteiger partial charge on any atom is -0.481 e. The first-order valence-electron chi connectivity index (χ1n) is 7.36. The van der Waals surface area contributed by atoms with Crippen molar-refractivity contribution in [2.45, 2.75) is 25.4 Å². The Balaban J connectivity index is 1.64. The molecule has 0 amide bonds. The lowest BCUT2D eigenvalue weighted by molar-refractivity contribution is -0.164. The molecule has 0 aromatic heterocycles. The highest BCUT2D eigenvalue weighted by Gasteiger charge is 2.52. The van der Waals surface area contributed by atoms with E-state index in [-0.39, 0.29) is 23.9 Å². The molecule has 3 rings (SSSR count). The van der Waals surface area contributed by atoms with Crippen molar-refractivity contribution in [2.75, 3.05) is 20.1 Å². The molecule has 1 saturated heterocycles. The summed E-state index contributed by atoms with van der Waals surface area (Å²) in [6.45, 7) is 1.86. The van der Waals surface area contributed by atoms with Crippen LogP contribution in [0.3, 0.4) is 0 Å². The Kier molecular flexibility index (Phi) is 3.54. The highest BCUT2D eigenvalue weighted by molar-refractivity contribution is 5.83. The number of carbonyl (C=O) groups excluding carboxylic acids is 1. The number of allylic oxidation sites excluding steroid dienone is 2. The third kappa shape index (κ3) is 2.35. The first-order valence-corrected chi connectivity index (χ1v) is 7.36. The van der Waals surface area contributed by atoms with Crippen LogP contribution in [-0.4, -0.2) is 48.2 Å². The molecule has 1 aliphatic heterocycles. The van der Waals surface area contributed by atoms with E-state index in [1.165, 1.54) is 0 Å². The van der Waals surface area contributed by atoms with Gasteiger partial charge in [0.2, 0.25) is 0 Å². The Hall–Kier alpha value is -1.36. The molecule has 0 aromatic carbocycles. The van der Waals surface area contributed by atoms with Crippen molar-refractivity contribution in [3.8, 4) is 0 Å². The van der Waals surface area contributed by atoms with Gasteiger partial charge in [-0.05, 0) is 38.1 Å². The molecule has 5 heteroatoms. The Labute approximate surface area is 118 Å². The quantitative estimate of drug-likeness (QED) is 0.620. The topological polar surface area (TPSA) is 66.8 Å². The SMILES string of the molecule is CN1CCC(OC(=O)[C@@H]2[C@H](C(=O)O)[C@H]3C=C[C@H]2C3)CC1. The van der Waals surface area contributed by atoms with E-state index in [9.17, 15) is 14.7 Å². The molecule has 110 valence electrons. The van der Waals surface area contributed by atoms with Crippen LogP contribution in [0, 0.1) is 23.7 Å². The van der Waals surface area contributed by atoms with E-state index in [0.717, 1.165) is 32.4 Å². The summed E-state index contributed by atoms with van der Waals surface area (Å²) in [6.07, 6.45) is 6.36. The van der Waals surface area contributed by atoms with E-state index in [2.05, 4.69) is 11.9 Å². The van der Waals surface area contributed by atoms with Gasteiger partial charge in [-0.15, -0.1) is 0 Å². The van der Waals surface area contributed by atoms with Crippen LogP contribution in [-0.2, 0) is 14.3 Å². The number of hydrogen-bond acceptors (Lipinski definition) is 4. The zero-order chi connectivity index (χ0) is 14.3. The highest BCUT2D eigenvalue weighted by atomic mass is 16.5. The van der Waals surface area contributed by atoms with Crippen molar-refractivity contribution < 1.29 is 19.4 Å². The van der Waals surface area contributed by atoms with Gasteiger partial charge in [0.15, 0.2) is 0 Å². The van der Waals surface area contributed by atoms with Gasteiger partial charge in [-0.2, -0.15) is 0 Å². The summed E-state index contributed by atoms with van der Waals surface area (Å²) in [5, 5.41) is 9.35. The largest absolute Gasteiger partial charge is 0.481 e. The summed E-state index contributed by atoms with van der Waals surface area (Å²) < 4.78 is 5.59. The van der Waals surface area contributed by atoms with E-state index < -0.39 is 17.8 Å². The van der Waals surface area contributed by atoms with Crippen LogP contribution in [0.15, 0.2) is 12.2 Å². The van der Waals surface area contributed by atoms with Crippen molar-refractivity contribution in [3.05, 3.63) is 12.2 Å². The van der Waals surface area contributed by atoms with Gasteiger partial charge < -0.3 is 14.7 Å². The molecule has 2 bridgehead atoms. The number of fused-ring (bicyclic) bond motifs is 2. The smallest absolute Gasteiger partial charge is 0.310 e. The van der Waals surface area contributed by atoms with Crippen LogP contribution >= 0.6 is 0 Å². The third-order valence-corrected chi connectivity index (χ3v) is 4.96. The maximum atomic E-state index is 12.4.